The number of thiophene rings is 1. The third-order valence-electron chi connectivity index (χ3n) is 4.74. The molecule has 1 fully saturated rings. The topological polar surface area (TPSA) is 66.9 Å². The first-order valence-electron chi connectivity index (χ1n) is 9.52. The summed E-state index contributed by atoms with van der Waals surface area (Å²) in [6.45, 7) is 6.28. The lowest BCUT2D eigenvalue weighted by atomic mass is 9.91. The van der Waals surface area contributed by atoms with E-state index >= 15 is 0 Å². The zero-order chi connectivity index (χ0) is 21.2. The summed E-state index contributed by atoms with van der Waals surface area (Å²) in [5, 5.41) is 1.94. The van der Waals surface area contributed by atoms with Gasteiger partial charge in [0.2, 0.25) is 11.8 Å². The number of nitrogens with zero attached hydrogens (tertiary/aromatic N) is 2. The molecule has 2 heterocycles. The molecule has 1 aromatic heterocycles. The summed E-state index contributed by atoms with van der Waals surface area (Å²) in [7, 11) is 1.56. The normalized spacial score (nSPS) is 17.0. The highest BCUT2D eigenvalue weighted by Gasteiger charge is 2.44. The van der Waals surface area contributed by atoms with Crippen LogP contribution >= 0.6 is 11.3 Å². The number of hydrogen-bond donors (Lipinski definition) is 0. The van der Waals surface area contributed by atoms with Crippen LogP contribution in [0.25, 0.3) is 0 Å². The lowest BCUT2D eigenvalue weighted by Crippen LogP contribution is -2.45. The fourth-order valence-corrected chi connectivity index (χ4v) is 4.06. The highest BCUT2D eigenvalue weighted by molar-refractivity contribution is 7.09. The Bertz CT molecular complexity index is 885. The maximum absolute atomic E-state index is 13.2. The molecule has 6 nitrogen and oxygen atoms in total. The van der Waals surface area contributed by atoms with E-state index in [2.05, 4.69) is 0 Å². The van der Waals surface area contributed by atoms with E-state index < -0.39 is 6.04 Å². The van der Waals surface area contributed by atoms with Gasteiger partial charge in [-0.2, -0.15) is 0 Å². The quantitative estimate of drug-likeness (QED) is 0.674. The van der Waals surface area contributed by atoms with Crippen molar-refractivity contribution in [3.8, 4) is 5.75 Å². The molecule has 1 unspecified atom stereocenters. The third-order valence-corrected chi connectivity index (χ3v) is 5.60. The number of amides is 3. The van der Waals surface area contributed by atoms with Crippen molar-refractivity contribution in [3.63, 3.8) is 0 Å². The van der Waals surface area contributed by atoms with E-state index in [-0.39, 0.29) is 29.6 Å². The monoisotopic (exact) mass is 414 g/mol. The summed E-state index contributed by atoms with van der Waals surface area (Å²) in [5.74, 6) is -0.137. The van der Waals surface area contributed by atoms with Gasteiger partial charge in [0.25, 0.3) is 5.91 Å². The number of benzene rings is 1. The molecule has 1 atom stereocenters. The summed E-state index contributed by atoms with van der Waals surface area (Å²) in [5.41, 5.74) is 0.272. The lowest BCUT2D eigenvalue weighted by molar-refractivity contribution is -0.140. The van der Waals surface area contributed by atoms with Crippen LogP contribution in [-0.4, -0.2) is 35.8 Å². The van der Waals surface area contributed by atoms with Gasteiger partial charge in [0.1, 0.15) is 11.8 Å². The minimum atomic E-state index is -0.790. The number of imide groups is 1. The second kappa shape index (κ2) is 8.37. The molecule has 1 aliphatic heterocycles. The average molecular weight is 415 g/mol. The van der Waals surface area contributed by atoms with E-state index in [4.69, 9.17) is 4.74 Å². The molecule has 1 aliphatic rings. The molecule has 0 spiro atoms. The van der Waals surface area contributed by atoms with Crippen molar-refractivity contribution in [2.45, 2.75) is 46.2 Å². The summed E-state index contributed by atoms with van der Waals surface area (Å²) < 4.78 is 5.14. The Labute approximate surface area is 175 Å². The molecule has 1 aromatic carbocycles. The zero-order valence-corrected chi connectivity index (χ0v) is 18.0. The first-order chi connectivity index (χ1) is 13.7. The van der Waals surface area contributed by atoms with Crippen LogP contribution in [0, 0.1) is 5.41 Å². The molecular formula is C22H26N2O4S. The Morgan fingerprint density at radius 1 is 1.21 bits per heavy atom. The van der Waals surface area contributed by atoms with Crippen molar-refractivity contribution >= 4 is 34.7 Å². The maximum atomic E-state index is 13.2. The molecular weight excluding hydrogens is 388 g/mol. The van der Waals surface area contributed by atoms with Gasteiger partial charge in [-0.1, -0.05) is 26.8 Å². The van der Waals surface area contributed by atoms with Crippen LogP contribution < -0.4 is 9.64 Å². The number of rotatable bonds is 6. The van der Waals surface area contributed by atoms with Gasteiger partial charge in [0, 0.05) is 11.3 Å². The van der Waals surface area contributed by atoms with Crippen molar-refractivity contribution in [2.75, 3.05) is 12.0 Å². The summed E-state index contributed by atoms with van der Waals surface area (Å²) in [4.78, 5) is 42.7. The van der Waals surface area contributed by atoms with E-state index in [1.807, 2.05) is 38.3 Å². The van der Waals surface area contributed by atoms with Gasteiger partial charge >= 0.3 is 0 Å². The fraction of sp³-hybridized carbons (Fsp3) is 0.409. The van der Waals surface area contributed by atoms with Gasteiger partial charge < -0.3 is 9.64 Å². The smallest absolute Gasteiger partial charge is 0.257 e. The van der Waals surface area contributed by atoms with Crippen LogP contribution in [0.1, 0.15) is 38.5 Å². The van der Waals surface area contributed by atoms with E-state index in [0.29, 0.717) is 24.4 Å². The van der Waals surface area contributed by atoms with Gasteiger partial charge in [0.15, 0.2) is 0 Å². The van der Waals surface area contributed by atoms with Gasteiger partial charge in [-0.15, -0.1) is 11.3 Å². The zero-order valence-electron chi connectivity index (χ0n) is 17.2. The Morgan fingerprint density at radius 3 is 2.45 bits per heavy atom. The Morgan fingerprint density at radius 2 is 1.90 bits per heavy atom. The molecule has 0 aliphatic carbocycles. The van der Waals surface area contributed by atoms with E-state index in [9.17, 15) is 14.4 Å². The predicted molar refractivity (Wildman–Crippen MR) is 113 cm³/mol. The maximum Gasteiger partial charge on any atom is 0.257 e. The number of ether oxygens (including phenoxy) is 1. The van der Waals surface area contributed by atoms with Crippen LogP contribution in [0.3, 0.4) is 0 Å². The van der Waals surface area contributed by atoms with Crippen LogP contribution in [0.4, 0.5) is 5.69 Å². The van der Waals surface area contributed by atoms with Crippen molar-refractivity contribution < 1.29 is 19.1 Å². The number of carbonyl (C=O) groups is 3. The van der Waals surface area contributed by atoms with Gasteiger partial charge in [-0.05, 0) is 41.1 Å². The van der Waals surface area contributed by atoms with Gasteiger partial charge in [-0.25, -0.2) is 4.90 Å². The Kier molecular flexibility index (Phi) is 6.07. The van der Waals surface area contributed by atoms with E-state index in [1.165, 1.54) is 16.2 Å². The molecule has 3 rings (SSSR count). The Balaban J connectivity index is 1.87. The summed E-state index contributed by atoms with van der Waals surface area (Å²) in [6.07, 6.45) is 0.297. The highest BCUT2D eigenvalue weighted by Crippen LogP contribution is 2.30. The lowest BCUT2D eigenvalue weighted by Gasteiger charge is -2.30. The second-order valence-electron chi connectivity index (χ2n) is 8.32. The molecule has 7 heteroatoms. The molecule has 2 aromatic rings. The standard InChI is InChI=1S/C22H26N2O4S/c1-22(2,3)13-20(26)23(14-17-6-5-11-29-17)18-12-19(25)24(21(18)27)15-7-9-16(28-4)10-8-15/h5-11,18H,12-14H2,1-4H3. The second-order valence-corrected chi connectivity index (χ2v) is 9.36. The number of anilines is 1. The highest BCUT2D eigenvalue weighted by atomic mass is 32.1. The van der Waals surface area contributed by atoms with Crippen molar-refractivity contribution in [1.29, 1.82) is 0 Å². The molecule has 0 N–H and O–H groups in total. The van der Waals surface area contributed by atoms with Gasteiger partial charge in [0.05, 0.1) is 25.8 Å². The predicted octanol–water partition coefficient (Wildman–Crippen LogP) is 3.85. The van der Waals surface area contributed by atoms with Crippen LogP contribution in [0.5, 0.6) is 5.75 Å². The van der Waals surface area contributed by atoms with Crippen LogP contribution in [0.2, 0.25) is 0 Å². The largest absolute Gasteiger partial charge is 0.497 e. The SMILES string of the molecule is COc1ccc(N2C(=O)CC(N(Cc3cccs3)C(=O)CC(C)(C)C)C2=O)cc1. The first-order valence-corrected chi connectivity index (χ1v) is 10.4. The molecule has 154 valence electrons. The number of methoxy groups -OCH3 is 1. The first kappa shape index (κ1) is 21.0. The molecule has 0 saturated carbocycles. The van der Waals surface area contributed by atoms with Gasteiger partial charge in [-0.3, -0.25) is 14.4 Å². The third kappa shape index (κ3) is 4.85. The molecule has 0 radical (unpaired) electrons. The molecule has 29 heavy (non-hydrogen) atoms. The molecule has 3 amide bonds. The average Bonchev–Trinajstić information content (AvgIpc) is 3.26. The minimum Gasteiger partial charge on any atom is -0.497 e. The minimum absolute atomic E-state index is 0.00782. The number of hydrogen-bond acceptors (Lipinski definition) is 5. The van der Waals surface area contributed by atoms with Crippen molar-refractivity contribution in [3.05, 3.63) is 46.7 Å². The summed E-state index contributed by atoms with van der Waals surface area (Å²) >= 11 is 1.53. The summed E-state index contributed by atoms with van der Waals surface area (Å²) in [6, 6.07) is 9.83. The van der Waals surface area contributed by atoms with Crippen LogP contribution in [-0.2, 0) is 20.9 Å². The van der Waals surface area contributed by atoms with Crippen molar-refractivity contribution in [2.24, 2.45) is 5.41 Å². The fourth-order valence-electron chi connectivity index (χ4n) is 3.36. The molecule has 0 bridgehead atoms. The van der Waals surface area contributed by atoms with E-state index in [0.717, 1.165) is 4.88 Å². The number of carbonyl (C=O) groups excluding carboxylic acids is 3. The molecule has 1 saturated heterocycles. The Hall–Kier alpha value is -2.67. The van der Waals surface area contributed by atoms with Crippen molar-refractivity contribution in [1.82, 2.24) is 4.90 Å². The van der Waals surface area contributed by atoms with E-state index in [1.54, 1.807) is 36.3 Å². The van der Waals surface area contributed by atoms with Crippen LogP contribution in [0.15, 0.2) is 41.8 Å².